The molecule has 0 fully saturated rings. The number of carboxylic acids is 2. The second-order valence-corrected chi connectivity index (χ2v) is 7.38. The quantitative estimate of drug-likeness (QED) is 0.508. The lowest BCUT2D eigenvalue weighted by Gasteiger charge is -2.27. The number of carboxylic acid groups (broad SMARTS) is 2. The van der Waals surface area contributed by atoms with Gasteiger partial charge in [-0.25, -0.2) is 14.4 Å². The number of hydrogen-bond acceptors (Lipinski definition) is 4. The molecule has 4 N–H and O–H groups in total. The molecule has 2 amide bonds. The van der Waals surface area contributed by atoms with E-state index in [1.54, 1.807) is 0 Å². The van der Waals surface area contributed by atoms with Crippen LogP contribution in [0.4, 0.5) is 4.79 Å². The van der Waals surface area contributed by atoms with Gasteiger partial charge in [-0.05, 0) is 22.3 Å². The van der Waals surface area contributed by atoms with Gasteiger partial charge in [-0.1, -0.05) is 56.3 Å². The Balaban J connectivity index is 2.14. The molecule has 0 heterocycles. The highest BCUT2D eigenvalue weighted by atomic mass is 16.4. The summed E-state index contributed by atoms with van der Waals surface area (Å²) < 4.78 is 0. The van der Waals surface area contributed by atoms with Crippen LogP contribution >= 0.6 is 0 Å². The third kappa shape index (κ3) is 6.46. The van der Waals surface area contributed by atoms with Crippen molar-refractivity contribution >= 4 is 28.7 Å². The Labute approximate surface area is 168 Å². The number of nitrogens with zero attached hydrogens (tertiary/aromatic N) is 1. The molecule has 0 saturated heterocycles. The molecule has 0 aliphatic rings. The predicted octanol–water partition coefficient (Wildman–Crippen LogP) is 1.95. The number of benzene rings is 2. The van der Waals surface area contributed by atoms with Crippen LogP contribution < -0.4 is 5.32 Å². The topological polar surface area (TPSA) is 127 Å². The molecular weight excluding hydrogens is 376 g/mol. The van der Waals surface area contributed by atoms with Gasteiger partial charge in [-0.3, -0.25) is 0 Å². The number of urea groups is 1. The molecule has 0 aromatic heterocycles. The Bertz CT molecular complexity index is 882. The van der Waals surface area contributed by atoms with E-state index in [1.165, 1.54) is 0 Å². The lowest BCUT2D eigenvalue weighted by atomic mass is 10.0. The van der Waals surface area contributed by atoms with Crippen molar-refractivity contribution < 1.29 is 29.7 Å². The monoisotopic (exact) mass is 402 g/mol. The van der Waals surface area contributed by atoms with Gasteiger partial charge in [0.25, 0.3) is 0 Å². The molecule has 0 aliphatic heterocycles. The number of nitrogens with one attached hydrogen (secondary N) is 1. The van der Waals surface area contributed by atoms with E-state index in [0.717, 1.165) is 21.2 Å². The summed E-state index contributed by atoms with van der Waals surface area (Å²) in [6, 6.07) is 11.3. The zero-order valence-electron chi connectivity index (χ0n) is 16.4. The molecule has 0 saturated carbocycles. The lowest BCUT2D eigenvalue weighted by Crippen LogP contribution is -2.52. The smallest absolute Gasteiger partial charge is 0.334 e. The van der Waals surface area contributed by atoms with E-state index in [-0.39, 0.29) is 18.9 Å². The summed E-state index contributed by atoms with van der Waals surface area (Å²) in [5, 5.41) is 32.5. The summed E-state index contributed by atoms with van der Waals surface area (Å²) in [5.41, 5.74) is 0.748. The maximum Gasteiger partial charge on any atom is 0.334 e. The molecule has 29 heavy (non-hydrogen) atoms. The Kier molecular flexibility index (Phi) is 7.55. The molecule has 0 bridgehead atoms. The molecule has 0 aliphatic carbocycles. The molecule has 0 unspecified atom stereocenters. The number of aliphatic hydroxyl groups excluding tert-OH is 1. The van der Waals surface area contributed by atoms with Crippen LogP contribution in [-0.2, 0) is 16.0 Å². The molecule has 2 rings (SSSR count). The second kappa shape index (κ2) is 9.88. The van der Waals surface area contributed by atoms with E-state index in [9.17, 15) is 24.6 Å². The highest BCUT2D eigenvalue weighted by molar-refractivity contribution is 5.85. The maximum atomic E-state index is 12.6. The highest BCUT2D eigenvalue weighted by Crippen LogP contribution is 2.17. The van der Waals surface area contributed by atoms with Crippen molar-refractivity contribution in [2.24, 2.45) is 5.92 Å². The number of hydrogen-bond donors (Lipinski definition) is 4. The van der Waals surface area contributed by atoms with Crippen LogP contribution in [-0.4, -0.2) is 63.4 Å². The maximum absolute atomic E-state index is 12.6. The summed E-state index contributed by atoms with van der Waals surface area (Å²) in [7, 11) is 0. The predicted molar refractivity (Wildman–Crippen MR) is 108 cm³/mol. The minimum atomic E-state index is -1.75. The first-order chi connectivity index (χ1) is 13.7. The van der Waals surface area contributed by atoms with Gasteiger partial charge in [-0.2, -0.15) is 0 Å². The fourth-order valence-corrected chi connectivity index (χ4v) is 3.01. The van der Waals surface area contributed by atoms with Crippen molar-refractivity contribution in [1.82, 2.24) is 10.2 Å². The van der Waals surface area contributed by atoms with Gasteiger partial charge in [0.1, 0.15) is 6.04 Å². The van der Waals surface area contributed by atoms with Crippen molar-refractivity contribution in [3.05, 3.63) is 48.0 Å². The second-order valence-electron chi connectivity index (χ2n) is 7.38. The lowest BCUT2D eigenvalue weighted by molar-refractivity contribution is -0.147. The first-order valence-corrected chi connectivity index (χ1v) is 9.34. The average Bonchev–Trinajstić information content (AvgIpc) is 2.66. The molecule has 2 aromatic rings. The van der Waals surface area contributed by atoms with Crippen molar-refractivity contribution in [1.29, 1.82) is 0 Å². The van der Waals surface area contributed by atoms with Gasteiger partial charge in [0.15, 0.2) is 6.10 Å². The summed E-state index contributed by atoms with van der Waals surface area (Å²) in [5.74, 6) is -2.64. The van der Waals surface area contributed by atoms with E-state index in [1.807, 2.05) is 56.3 Å². The number of aliphatic carboxylic acids is 2. The van der Waals surface area contributed by atoms with Gasteiger partial charge in [-0.15, -0.1) is 0 Å². The number of fused-ring (bicyclic) bond motifs is 1. The highest BCUT2D eigenvalue weighted by Gasteiger charge is 2.27. The van der Waals surface area contributed by atoms with Gasteiger partial charge >= 0.3 is 18.0 Å². The van der Waals surface area contributed by atoms with Crippen LogP contribution in [0.15, 0.2) is 42.5 Å². The molecule has 8 nitrogen and oxygen atoms in total. The van der Waals surface area contributed by atoms with Gasteiger partial charge in [0, 0.05) is 13.0 Å². The number of aliphatic hydroxyl groups is 1. The number of carbonyl (C=O) groups excluding carboxylic acids is 1. The summed E-state index contributed by atoms with van der Waals surface area (Å²) in [6.45, 7) is 3.41. The largest absolute Gasteiger partial charge is 0.480 e. The van der Waals surface area contributed by atoms with E-state index >= 15 is 0 Å². The molecule has 2 atom stereocenters. The zero-order chi connectivity index (χ0) is 21.6. The fourth-order valence-electron chi connectivity index (χ4n) is 3.01. The Morgan fingerprint density at radius 3 is 2.21 bits per heavy atom. The van der Waals surface area contributed by atoms with Crippen LogP contribution in [0.2, 0.25) is 0 Å². The Morgan fingerprint density at radius 1 is 0.966 bits per heavy atom. The minimum absolute atomic E-state index is 0.00510. The van der Waals surface area contributed by atoms with Crippen molar-refractivity contribution in [2.75, 3.05) is 13.1 Å². The van der Waals surface area contributed by atoms with Gasteiger partial charge in [0.2, 0.25) is 0 Å². The average molecular weight is 402 g/mol. The molecule has 8 heteroatoms. The normalized spacial score (nSPS) is 13.1. The molecule has 156 valence electrons. The summed E-state index contributed by atoms with van der Waals surface area (Å²) in [6.07, 6.45) is -1.67. The van der Waals surface area contributed by atoms with E-state index in [4.69, 9.17) is 5.11 Å². The first-order valence-electron chi connectivity index (χ1n) is 9.34. The van der Waals surface area contributed by atoms with E-state index < -0.39 is 36.7 Å². The van der Waals surface area contributed by atoms with Gasteiger partial charge < -0.3 is 25.5 Å². The zero-order valence-corrected chi connectivity index (χ0v) is 16.4. The molecular formula is C21H26N2O6. The standard InChI is InChI=1S/C21H26N2O6/c1-13(2)11-23(12-18(24)20(27)28)21(29)22-17(19(25)26)10-14-7-8-15-5-3-4-6-16(15)9-14/h3-9,13,17-18,24H,10-12H2,1-2H3,(H,22,29)(H,25,26)(H,27,28)/t17-,18+/m0/s1. The van der Waals surface area contributed by atoms with E-state index in [2.05, 4.69) is 5.32 Å². The van der Waals surface area contributed by atoms with E-state index in [0.29, 0.717) is 0 Å². The number of carbonyl (C=O) groups is 3. The summed E-state index contributed by atoms with van der Waals surface area (Å²) >= 11 is 0. The molecule has 0 spiro atoms. The van der Waals surface area contributed by atoms with Crippen LogP contribution in [0, 0.1) is 5.92 Å². The fraction of sp³-hybridized carbons (Fsp3) is 0.381. The van der Waals surface area contributed by atoms with Crippen LogP contribution in [0.3, 0.4) is 0 Å². The minimum Gasteiger partial charge on any atom is -0.480 e. The number of rotatable bonds is 9. The third-order valence-electron chi connectivity index (χ3n) is 4.40. The Hall–Kier alpha value is -3.13. The van der Waals surface area contributed by atoms with Crippen molar-refractivity contribution in [3.8, 4) is 0 Å². The molecule has 2 aromatic carbocycles. The molecule has 0 radical (unpaired) electrons. The van der Waals surface area contributed by atoms with Gasteiger partial charge in [0.05, 0.1) is 6.54 Å². The Morgan fingerprint density at radius 2 is 1.62 bits per heavy atom. The number of amides is 2. The van der Waals surface area contributed by atoms with Crippen molar-refractivity contribution in [3.63, 3.8) is 0 Å². The van der Waals surface area contributed by atoms with Crippen molar-refractivity contribution in [2.45, 2.75) is 32.4 Å². The van der Waals surface area contributed by atoms with Crippen LogP contribution in [0.1, 0.15) is 19.4 Å². The third-order valence-corrected chi connectivity index (χ3v) is 4.40. The first kappa shape index (κ1) is 22.2. The SMILES string of the molecule is CC(C)CN(C[C@@H](O)C(=O)O)C(=O)N[C@@H](Cc1ccc2ccccc2c1)C(=O)O. The summed E-state index contributed by atoms with van der Waals surface area (Å²) in [4.78, 5) is 36.3. The van der Waals surface area contributed by atoms with Crippen LogP contribution in [0.25, 0.3) is 10.8 Å². The van der Waals surface area contributed by atoms with Crippen LogP contribution in [0.5, 0.6) is 0 Å².